The van der Waals surface area contributed by atoms with Gasteiger partial charge in [0, 0.05) is 6.61 Å². The number of hydrogen-bond acceptors (Lipinski definition) is 5. The van der Waals surface area contributed by atoms with Crippen LogP contribution in [0, 0.1) is 6.92 Å². The van der Waals surface area contributed by atoms with Crippen LogP contribution in [0.3, 0.4) is 0 Å². The first-order valence-electron chi connectivity index (χ1n) is 6.24. The first-order valence-corrected chi connectivity index (χ1v) is 7.79. The van der Waals surface area contributed by atoms with Crippen LogP contribution in [0.25, 0.3) is 0 Å². The molecule has 0 radical (unpaired) electrons. The third kappa shape index (κ3) is 4.92. The van der Waals surface area contributed by atoms with E-state index < -0.39 is 16.0 Å². The number of carbonyl (C=O) groups excluding carboxylic acids is 1. The van der Waals surface area contributed by atoms with Crippen molar-refractivity contribution < 1.29 is 22.7 Å². The van der Waals surface area contributed by atoms with Gasteiger partial charge in [0.1, 0.15) is 6.61 Å². The molecule has 0 bridgehead atoms. The highest BCUT2D eigenvalue weighted by molar-refractivity contribution is 7.89. The van der Waals surface area contributed by atoms with Crippen LogP contribution in [0.1, 0.15) is 29.3 Å². The standard InChI is InChI=1S/C13H19NO5S/c1-3-6-18-7-8-19-13(15)12-9-11(20(14,16)17)5-4-10(12)2/h4-5,9H,3,6-8H2,1-2H3,(H2,14,16,17). The number of esters is 1. The van der Waals surface area contributed by atoms with Crippen LogP contribution in [0.5, 0.6) is 0 Å². The lowest BCUT2D eigenvalue weighted by Crippen LogP contribution is -2.15. The smallest absolute Gasteiger partial charge is 0.338 e. The zero-order valence-corrected chi connectivity index (χ0v) is 12.4. The van der Waals surface area contributed by atoms with E-state index in [2.05, 4.69) is 0 Å². The van der Waals surface area contributed by atoms with E-state index in [0.29, 0.717) is 18.8 Å². The topological polar surface area (TPSA) is 95.7 Å². The summed E-state index contributed by atoms with van der Waals surface area (Å²) in [5.41, 5.74) is 0.809. The molecule has 0 amide bonds. The fourth-order valence-corrected chi connectivity index (χ4v) is 2.06. The Morgan fingerprint density at radius 1 is 1.25 bits per heavy atom. The molecule has 0 saturated carbocycles. The average Bonchev–Trinajstić information content (AvgIpc) is 2.37. The van der Waals surface area contributed by atoms with Crippen LogP contribution in [0.15, 0.2) is 23.1 Å². The number of aryl methyl sites for hydroxylation is 1. The Morgan fingerprint density at radius 3 is 2.55 bits per heavy atom. The van der Waals surface area contributed by atoms with E-state index in [-0.39, 0.29) is 17.1 Å². The van der Waals surface area contributed by atoms with Gasteiger partial charge in [-0.3, -0.25) is 0 Å². The van der Waals surface area contributed by atoms with Crippen molar-refractivity contribution in [3.8, 4) is 0 Å². The number of sulfonamides is 1. The minimum absolute atomic E-state index is 0.114. The third-order valence-corrected chi connectivity index (χ3v) is 3.48. The molecule has 1 rings (SSSR count). The first-order chi connectivity index (χ1) is 9.36. The lowest BCUT2D eigenvalue weighted by Gasteiger charge is -2.09. The normalized spacial score (nSPS) is 11.3. The maximum atomic E-state index is 11.9. The Hall–Kier alpha value is -1.44. The van der Waals surface area contributed by atoms with Gasteiger partial charge in [0.15, 0.2) is 0 Å². The second-order valence-corrected chi connectivity index (χ2v) is 5.83. The lowest BCUT2D eigenvalue weighted by molar-refractivity contribution is 0.0317. The van der Waals surface area contributed by atoms with Crippen LogP contribution in [-0.2, 0) is 19.5 Å². The molecule has 0 aliphatic heterocycles. The van der Waals surface area contributed by atoms with Gasteiger partial charge in [-0.05, 0) is 31.0 Å². The van der Waals surface area contributed by atoms with Crippen molar-refractivity contribution >= 4 is 16.0 Å². The van der Waals surface area contributed by atoms with Crippen molar-refractivity contribution in [1.82, 2.24) is 0 Å². The Labute approximate surface area is 118 Å². The summed E-state index contributed by atoms with van der Waals surface area (Å²) >= 11 is 0. The highest BCUT2D eigenvalue weighted by Crippen LogP contribution is 2.15. The van der Waals surface area contributed by atoms with Crippen LogP contribution < -0.4 is 5.14 Å². The first kappa shape index (κ1) is 16.6. The molecule has 0 atom stereocenters. The Bertz CT molecular complexity index is 568. The number of ether oxygens (including phenoxy) is 2. The zero-order valence-electron chi connectivity index (χ0n) is 11.6. The number of primary sulfonamides is 1. The molecule has 0 aromatic heterocycles. The van der Waals surface area contributed by atoms with Gasteiger partial charge in [0.2, 0.25) is 10.0 Å². The van der Waals surface area contributed by atoms with Crippen molar-refractivity contribution in [3.63, 3.8) is 0 Å². The maximum absolute atomic E-state index is 11.9. The van der Waals surface area contributed by atoms with Crippen molar-refractivity contribution in [2.24, 2.45) is 5.14 Å². The average molecular weight is 301 g/mol. The Kier molecular flexibility index (Phi) is 6.12. The number of carbonyl (C=O) groups is 1. The second-order valence-electron chi connectivity index (χ2n) is 4.27. The summed E-state index contributed by atoms with van der Waals surface area (Å²) in [6, 6.07) is 4.09. The van der Waals surface area contributed by atoms with Crippen LogP contribution in [-0.4, -0.2) is 34.2 Å². The van der Waals surface area contributed by atoms with Crippen LogP contribution >= 0.6 is 0 Å². The number of hydrogen-bond donors (Lipinski definition) is 1. The van der Waals surface area contributed by atoms with Crippen molar-refractivity contribution in [1.29, 1.82) is 0 Å². The molecule has 0 heterocycles. The fourth-order valence-electron chi connectivity index (χ4n) is 1.52. The van der Waals surface area contributed by atoms with Gasteiger partial charge in [-0.1, -0.05) is 13.0 Å². The van der Waals surface area contributed by atoms with Crippen LogP contribution in [0.2, 0.25) is 0 Å². The maximum Gasteiger partial charge on any atom is 0.338 e. The van der Waals surface area contributed by atoms with E-state index >= 15 is 0 Å². The van der Waals surface area contributed by atoms with Crippen molar-refractivity contribution in [3.05, 3.63) is 29.3 Å². The van der Waals surface area contributed by atoms with E-state index in [9.17, 15) is 13.2 Å². The molecule has 0 unspecified atom stereocenters. The Morgan fingerprint density at radius 2 is 1.95 bits per heavy atom. The monoisotopic (exact) mass is 301 g/mol. The van der Waals surface area contributed by atoms with Gasteiger partial charge < -0.3 is 9.47 Å². The van der Waals surface area contributed by atoms with Crippen molar-refractivity contribution in [2.75, 3.05) is 19.8 Å². The molecular weight excluding hydrogens is 282 g/mol. The minimum Gasteiger partial charge on any atom is -0.460 e. The molecule has 7 heteroatoms. The summed E-state index contributed by atoms with van der Waals surface area (Å²) in [6.45, 7) is 4.72. The molecular formula is C13H19NO5S. The third-order valence-electron chi connectivity index (χ3n) is 2.57. The SMILES string of the molecule is CCCOCCOC(=O)c1cc(S(N)(=O)=O)ccc1C. The van der Waals surface area contributed by atoms with E-state index in [1.54, 1.807) is 6.92 Å². The van der Waals surface area contributed by atoms with Crippen molar-refractivity contribution in [2.45, 2.75) is 25.2 Å². The molecule has 112 valence electrons. The van der Waals surface area contributed by atoms with Gasteiger partial charge in [-0.25, -0.2) is 18.4 Å². The highest BCUT2D eigenvalue weighted by Gasteiger charge is 2.15. The largest absolute Gasteiger partial charge is 0.460 e. The summed E-state index contributed by atoms with van der Waals surface area (Å²) in [5.74, 6) is -0.590. The van der Waals surface area contributed by atoms with Gasteiger partial charge in [0.25, 0.3) is 0 Å². The zero-order chi connectivity index (χ0) is 15.2. The number of benzene rings is 1. The highest BCUT2D eigenvalue weighted by atomic mass is 32.2. The van der Waals surface area contributed by atoms with Gasteiger partial charge in [-0.15, -0.1) is 0 Å². The van der Waals surface area contributed by atoms with E-state index in [4.69, 9.17) is 14.6 Å². The predicted molar refractivity (Wildman–Crippen MR) is 73.9 cm³/mol. The fraction of sp³-hybridized carbons (Fsp3) is 0.462. The molecule has 0 aliphatic rings. The second kappa shape index (κ2) is 7.37. The molecule has 6 nitrogen and oxygen atoms in total. The summed E-state index contributed by atoms with van der Waals surface area (Å²) in [5, 5.41) is 5.03. The quantitative estimate of drug-likeness (QED) is 0.603. The number of rotatable bonds is 7. The lowest BCUT2D eigenvalue weighted by atomic mass is 10.1. The Balaban J connectivity index is 2.72. The summed E-state index contributed by atoms with van der Waals surface area (Å²) < 4.78 is 32.7. The van der Waals surface area contributed by atoms with Crippen LogP contribution in [0.4, 0.5) is 0 Å². The minimum atomic E-state index is -3.84. The molecule has 0 fully saturated rings. The summed E-state index contributed by atoms with van der Waals surface area (Å²) in [6.07, 6.45) is 0.892. The number of nitrogens with two attached hydrogens (primary N) is 1. The van der Waals surface area contributed by atoms with E-state index in [0.717, 1.165) is 6.42 Å². The van der Waals surface area contributed by atoms with E-state index in [1.165, 1.54) is 18.2 Å². The molecule has 0 aliphatic carbocycles. The van der Waals surface area contributed by atoms with Gasteiger partial charge >= 0.3 is 5.97 Å². The van der Waals surface area contributed by atoms with Gasteiger partial charge in [-0.2, -0.15) is 0 Å². The molecule has 0 spiro atoms. The predicted octanol–water partition coefficient (Wildman–Crippen LogP) is 1.23. The molecule has 0 saturated heterocycles. The molecule has 2 N–H and O–H groups in total. The molecule has 1 aromatic carbocycles. The molecule has 20 heavy (non-hydrogen) atoms. The summed E-state index contributed by atoms with van der Waals surface area (Å²) in [7, 11) is -3.84. The summed E-state index contributed by atoms with van der Waals surface area (Å²) in [4.78, 5) is 11.8. The van der Waals surface area contributed by atoms with Gasteiger partial charge in [0.05, 0.1) is 17.1 Å². The van der Waals surface area contributed by atoms with E-state index in [1.807, 2.05) is 6.92 Å². The molecule has 1 aromatic rings.